The van der Waals surface area contributed by atoms with Gasteiger partial charge in [0, 0.05) is 42.9 Å². The number of nitrogens with one attached hydrogen (secondary N) is 1. The number of nitrogens with two attached hydrogens (primary N) is 1. The van der Waals surface area contributed by atoms with Crippen molar-refractivity contribution in [3.05, 3.63) is 23.0 Å². The average Bonchev–Trinajstić information content (AvgIpc) is 2.36. The zero-order valence-electron chi connectivity index (χ0n) is 13.2. The first-order valence-corrected chi connectivity index (χ1v) is 6.92. The fraction of sp³-hybridized carbons (Fsp3) is 0.600. The highest BCUT2D eigenvalue weighted by Crippen LogP contribution is 2.25. The summed E-state index contributed by atoms with van der Waals surface area (Å²) in [6, 6.07) is 0.378. The largest absolute Gasteiger partial charge is 0.496 e. The van der Waals surface area contributed by atoms with E-state index >= 15 is 0 Å². The molecular weight excluding hydrogens is 252 g/mol. The predicted octanol–water partition coefficient (Wildman–Crippen LogP) is 2.24. The Labute approximate surface area is 121 Å². The third kappa shape index (κ3) is 4.20. The smallest absolute Gasteiger partial charge is 0.128 e. The number of aryl methyl sites for hydroxylation is 1. The van der Waals surface area contributed by atoms with Gasteiger partial charge in [0.2, 0.25) is 0 Å². The highest BCUT2D eigenvalue weighted by molar-refractivity contribution is 5.76. The second kappa shape index (κ2) is 7.24. The van der Waals surface area contributed by atoms with Gasteiger partial charge in [0.05, 0.1) is 18.6 Å². The summed E-state index contributed by atoms with van der Waals surface area (Å²) in [7, 11) is 1.69. The van der Waals surface area contributed by atoms with Gasteiger partial charge in [0.15, 0.2) is 0 Å². The lowest BCUT2D eigenvalue weighted by molar-refractivity contribution is 0.215. The van der Waals surface area contributed by atoms with Crippen LogP contribution in [-0.4, -0.2) is 35.4 Å². The van der Waals surface area contributed by atoms with Gasteiger partial charge in [-0.25, -0.2) is 0 Å². The zero-order valence-corrected chi connectivity index (χ0v) is 13.2. The van der Waals surface area contributed by atoms with E-state index in [0.717, 1.165) is 35.7 Å². The van der Waals surface area contributed by atoms with Gasteiger partial charge in [-0.3, -0.25) is 15.3 Å². The van der Waals surface area contributed by atoms with E-state index in [1.54, 1.807) is 7.11 Å². The number of aromatic nitrogens is 1. The molecule has 0 aliphatic carbocycles. The van der Waals surface area contributed by atoms with Crippen molar-refractivity contribution < 1.29 is 4.74 Å². The summed E-state index contributed by atoms with van der Waals surface area (Å²) in [4.78, 5) is 6.80. The van der Waals surface area contributed by atoms with Crippen molar-refractivity contribution in [3.8, 4) is 5.75 Å². The van der Waals surface area contributed by atoms with Crippen LogP contribution in [0.1, 0.15) is 37.1 Å². The van der Waals surface area contributed by atoms with Crippen LogP contribution in [-0.2, 0) is 6.54 Å². The molecule has 1 aromatic heterocycles. The lowest BCUT2D eigenvalue weighted by Crippen LogP contribution is -2.34. The number of hydrogen-bond donors (Lipinski definition) is 2. The number of amidine groups is 1. The second-order valence-electron chi connectivity index (χ2n) is 5.39. The molecule has 5 heteroatoms. The fourth-order valence-electron chi connectivity index (χ4n) is 2.21. The molecule has 0 unspecified atom stereocenters. The predicted molar refractivity (Wildman–Crippen MR) is 82.3 cm³/mol. The molecule has 20 heavy (non-hydrogen) atoms. The second-order valence-corrected chi connectivity index (χ2v) is 5.39. The number of hydrogen-bond acceptors (Lipinski definition) is 4. The minimum absolute atomic E-state index is 0.224. The van der Waals surface area contributed by atoms with Crippen molar-refractivity contribution in [1.82, 2.24) is 9.88 Å². The van der Waals surface area contributed by atoms with Crippen LogP contribution < -0.4 is 10.5 Å². The molecular formula is C15H26N4O. The highest BCUT2D eigenvalue weighted by Gasteiger charge is 2.15. The van der Waals surface area contributed by atoms with Crippen molar-refractivity contribution in [3.63, 3.8) is 0 Å². The number of nitrogens with zero attached hydrogens (tertiary/aromatic N) is 2. The molecule has 0 amide bonds. The molecule has 0 saturated heterocycles. The monoisotopic (exact) mass is 278 g/mol. The Balaban J connectivity index is 2.91. The summed E-state index contributed by atoms with van der Waals surface area (Å²) in [5, 5.41) is 7.36. The zero-order chi connectivity index (χ0) is 15.3. The molecule has 0 saturated carbocycles. The number of ether oxygens (including phenoxy) is 1. The number of pyridine rings is 1. The summed E-state index contributed by atoms with van der Waals surface area (Å²) in [6.07, 6.45) is 2.44. The van der Waals surface area contributed by atoms with Crippen molar-refractivity contribution in [2.75, 3.05) is 13.7 Å². The molecule has 3 N–H and O–H groups in total. The van der Waals surface area contributed by atoms with Crippen molar-refractivity contribution in [2.45, 2.75) is 46.7 Å². The molecule has 1 rings (SSSR count). The minimum Gasteiger partial charge on any atom is -0.496 e. The maximum atomic E-state index is 7.36. The van der Waals surface area contributed by atoms with E-state index in [1.807, 2.05) is 20.0 Å². The lowest BCUT2D eigenvalue weighted by Gasteiger charge is -2.27. The molecule has 0 radical (unpaired) electrons. The van der Waals surface area contributed by atoms with E-state index in [-0.39, 0.29) is 5.84 Å². The summed E-state index contributed by atoms with van der Waals surface area (Å²) >= 11 is 0. The van der Waals surface area contributed by atoms with Gasteiger partial charge in [0.25, 0.3) is 0 Å². The normalized spacial score (nSPS) is 11.2. The molecule has 0 aliphatic heterocycles. The van der Waals surface area contributed by atoms with E-state index in [4.69, 9.17) is 15.9 Å². The van der Waals surface area contributed by atoms with E-state index < -0.39 is 0 Å². The molecule has 0 fully saturated rings. The van der Waals surface area contributed by atoms with Crippen molar-refractivity contribution in [2.24, 2.45) is 5.73 Å². The third-order valence-electron chi connectivity index (χ3n) is 3.50. The first kappa shape index (κ1) is 16.4. The van der Waals surface area contributed by atoms with Gasteiger partial charge in [-0.1, -0.05) is 0 Å². The standard InChI is InChI=1S/C15H26N4O/c1-10(2)19(7-6-14(16)17)9-13-12(4)15(20-5)11(3)8-18-13/h8,10H,6-7,9H2,1-5H3,(H3,16,17). The Morgan fingerprint density at radius 3 is 2.60 bits per heavy atom. The first-order valence-electron chi connectivity index (χ1n) is 6.92. The van der Waals surface area contributed by atoms with Crippen LogP contribution in [0.15, 0.2) is 6.20 Å². The molecule has 0 aliphatic rings. The molecule has 0 atom stereocenters. The van der Waals surface area contributed by atoms with Crippen molar-refractivity contribution in [1.29, 1.82) is 5.41 Å². The summed E-state index contributed by atoms with van der Waals surface area (Å²) in [5.41, 5.74) is 8.60. The molecule has 0 aromatic carbocycles. The van der Waals surface area contributed by atoms with Gasteiger partial charge in [0.1, 0.15) is 5.75 Å². The SMILES string of the molecule is COc1c(C)cnc(CN(CCC(=N)N)C(C)C)c1C. The van der Waals surface area contributed by atoms with Crippen LogP contribution in [0, 0.1) is 19.3 Å². The Kier molecular flexibility index (Phi) is 5.95. The lowest BCUT2D eigenvalue weighted by atomic mass is 10.1. The molecule has 0 bridgehead atoms. The fourth-order valence-corrected chi connectivity index (χ4v) is 2.21. The van der Waals surface area contributed by atoms with E-state index in [0.29, 0.717) is 12.5 Å². The highest BCUT2D eigenvalue weighted by atomic mass is 16.5. The first-order chi connectivity index (χ1) is 9.36. The summed E-state index contributed by atoms with van der Waals surface area (Å²) in [5.74, 6) is 1.13. The van der Waals surface area contributed by atoms with Crippen LogP contribution in [0.4, 0.5) is 0 Å². The average molecular weight is 278 g/mol. The van der Waals surface area contributed by atoms with Crippen LogP contribution >= 0.6 is 0 Å². The van der Waals surface area contributed by atoms with Crippen molar-refractivity contribution >= 4 is 5.84 Å². The van der Waals surface area contributed by atoms with Gasteiger partial charge >= 0.3 is 0 Å². The Morgan fingerprint density at radius 2 is 2.10 bits per heavy atom. The Morgan fingerprint density at radius 1 is 1.45 bits per heavy atom. The van der Waals surface area contributed by atoms with Crippen LogP contribution in [0.5, 0.6) is 5.75 Å². The molecule has 1 aromatic rings. The van der Waals surface area contributed by atoms with Crippen LogP contribution in [0.25, 0.3) is 0 Å². The maximum Gasteiger partial charge on any atom is 0.128 e. The number of rotatable bonds is 7. The molecule has 1 heterocycles. The molecule has 0 spiro atoms. The van der Waals surface area contributed by atoms with Gasteiger partial charge in [-0.05, 0) is 27.7 Å². The van der Waals surface area contributed by atoms with Crippen LogP contribution in [0.3, 0.4) is 0 Å². The van der Waals surface area contributed by atoms with Gasteiger partial charge in [-0.2, -0.15) is 0 Å². The van der Waals surface area contributed by atoms with E-state index in [1.165, 1.54) is 0 Å². The summed E-state index contributed by atoms with van der Waals surface area (Å²) < 4.78 is 5.44. The quantitative estimate of drug-likeness (QED) is 0.592. The molecule has 112 valence electrons. The van der Waals surface area contributed by atoms with Crippen LogP contribution in [0.2, 0.25) is 0 Å². The Hall–Kier alpha value is -1.62. The molecule has 5 nitrogen and oxygen atoms in total. The van der Waals surface area contributed by atoms with E-state index in [9.17, 15) is 0 Å². The van der Waals surface area contributed by atoms with E-state index in [2.05, 4.69) is 23.7 Å². The minimum atomic E-state index is 0.224. The summed E-state index contributed by atoms with van der Waals surface area (Å²) in [6.45, 7) is 9.83. The number of methoxy groups -OCH3 is 1. The third-order valence-corrected chi connectivity index (χ3v) is 3.50. The Bertz CT molecular complexity index is 471. The van der Waals surface area contributed by atoms with Gasteiger partial charge < -0.3 is 10.5 Å². The van der Waals surface area contributed by atoms with Gasteiger partial charge in [-0.15, -0.1) is 0 Å². The topological polar surface area (TPSA) is 75.2 Å². The maximum absolute atomic E-state index is 7.36.